The summed E-state index contributed by atoms with van der Waals surface area (Å²) in [5.41, 5.74) is 7.95. The van der Waals surface area contributed by atoms with Crippen molar-refractivity contribution in [2.45, 2.75) is 0 Å². The minimum absolute atomic E-state index is 0.494. The highest BCUT2D eigenvalue weighted by atomic mass is 35.5. The van der Waals surface area contributed by atoms with Gasteiger partial charge in [0.25, 0.3) is 0 Å². The lowest BCUT2D eigenvalue weighted by molar-refractivity contribution is 0.294. The molecule has 4 rings (SSSR count). The first kappa shape index (κ1) is 17.6. The molecule has 2 aliphatic rings. The fourth-order valence-electron chi connectivity index (χ4n) is 3.34. The van der Waals surface area contributed by atoms with Crippen LogP contribution in [0.5, 0.6) is 11.5 Å². The Morgan fingerprint density at radius 2 is 1.93 bits per heavy atom. The third-order valence-corrected chi connectivity index (χ3v) is 5.15. The van der Waals surface area contributed by atoms with Gasteiger partial charge in [-0.3, -0.25) is 10.4 Å². The topological polar surface area (TPSA) is 37.0 Å². The molecule has 2 aromatic rings. The van der Waals surface area contributed by atoms with Crippen LogP contribution < -0.4 is 19.9 Å². The summed E-state index contributed by atoms with van der Waals surface area (Å²) in [5, 5.41) is 2.81. The summed E-state index contributed by atoms with van der Waals surface area (Å²) in [4.78, 5) is 2.22. The van der Waals surface area contributed by atoms with E-state index in [0.29, 0.717) is 6.61 Å². The Balaban J connectivity index is 1.56. The molecule has 140 valence electrons. The quantitative estimate of drug-likeness (QED) is 0.849. The zero-order chi connectivity index (χ0) is 18.8. The van der Waals surface area contributed by atoms with E-state index in [0.717, 1.165) is 46.7 Å². The summed E-state index contributed by atoms with van der Waals surface area (Å²) in [6.45, 7) is 2.06. The number of ether oxygens (including phenoxy) is 2. The zero-order valence-electron chi connectivity index (χ0n) is 15.4. The van der Waals surface area contributed by atoms with Crippen LogP contribution in [-0.2, 0) is 0 Å². The maximum atomic E-state index is 6.37. The molecule has 0 saturated carbocycles. The Labute approximate surface area is 164 Å². The van der Waals surface area contributed by atoms with Gasteiger partial charge in [-0.1, -0.05) is 29.8 Å². The molecule has 0 amide bonds. The molecule has 0 unspecified atom stereocenters. The van der Waals surface area contributed by atoms with E-state index < -0.39 is 0 Å². The maximum absolute atomic E-state index is 6.37. The van der Waals surface area contributed by atoms with Crippen molar-refractivity contribution in [3.8, 4) is 11.5 Å². The summed E-state index contributed by atoms with van der Waals surface area (Å²) >= 11 is 6.37. The molecule has 0 spiro atoms. The van der Waals surface area contributed by atoms with Crippen LogP contribution in [0.2, 0.25) is 5.02 Å². The standard InChI is InChI=1S/C21H22ClN3O2/c1-24-11-10-19-17(13-25(23-19)20-9-4-3-8-18(20)22)21(24)14-27-16-7-5-6-15(12-16)26-2/h3-10,12,23H,11,13-14H2,1-2H3. The summed E-state index contributed by atoms with van der Waals surface area (Å²) in [6, 6.07) is 15.5. The Kier molecular flexibility index (Phi) is 4.86. The second-order valence-electron chi connectivity index (χ2n) is 6.54. The molecule has 1 saturated heterocycles. The van der Waals surface area contributed by atoms with Gasteiger partial charge in [0.05, 0.1) is 35.8 Å². The number of nitrogens with zero attached hydrogens (tertiary/aromatic N) is 2. The van der Waals surface area contributed by atoms with Gasteiger partial charge in [0, 0.05) is 25.2 Å². The van der Waals surface area contributed by atoms with E-state index in [1.54, 1.807) is 7.11 Å². The molecule has 1 fully saturated rings. The number of hydrogen-bond donors (Lipinski definition) is 1. The summed E-state index contributed by atoms with van der Waals surface area (Å²) in [6.07, 6.45) is 2.20. The molecular weight excluding hydrogens is 362 g/mol. The van der Waals surface area contributed by atoms with Crippen LogP contribution >= 0.6 is 11.6 Å². The largest absolute Gasteiger partial charge is 0.497 e. The minimum atomic E-state index is 0.494. The first-order valence-electron chi connectivity index (χ1n) is 8.85. The van der Waals surface area contributed by atoms with Gasteiger partial charge in [-0.2, -0.15) is 0 Å². The molecule has 27 heavy (non-hydrogen) atoms. The first-order chi connectivity index (χ1) is 13.2. The van der Waals surface area contributed by atoms with Crippen LogP contribution in [0.15, 0.2) is 71.6 Å². The van der Waals surface area contributed by atoms with E-state index in [2.05, 4.69) is 28.5 Å². The third-order valence-electron chi connectivity index (χ3n) is 4.84. The Morgan fingerprint density at radius 3 is 2.74 bits per heavy atom. The highest BCUT2D eigenvalue weighted by molar-refractivity contribution is 6.33. The van der Waals surface area contributed by atoms with Crippen LogP contribution in [0.25, 0.3) is 0 Å². The molecule has 0 aromatic heterocycles. The smallest absolute Gasteiger partial charge is 0.128 e. The number of fused-ring (bicyclic) bond motifs is 1. The van der Waals surface area contributed by atoms with E-state index in [9.17, 15) is 0 Å². The fraction of sp³-hybridized carbons (Fsp3) is 0.238. The number of methoxy groups -OCH3 is 1. The molecule has 2 aromatic carbocycles. The molecule has 6 heteroatoms. The molecule has 0 aliphatic carbocycles. The second kappa shape index (κ2) is 7.45. The highest BCUT2D eigenvalue weighted by Gasteiger charge is 2.29. The molecule has 0 bridgehead atoms. The van der Waals surface area contributed by atoms with Crippen molar-refractivity contribution in [2.24, 2.45) is 0 Å². The van der Waals surface area contributed by atoms with Gasteiger partial charge >= 0.3 is 0 Å². The summed E-state index contributed by atoms with van der Waals surface area (Å²) < 4.78 is 11.3. The monoisotopic (exact) mass is 383 g/mol. The lowest BCUT2D eigenvalue weighted by Crippen LogP contribution is -2.30. The second-order valence-corrected chi connectivity index (χ2v) is 6.95. The van der Waals surface area contributed by atoms with Crippen LogP contribution in [-0.4, -0.2) is 38.8 Å². The predicted octanol–water partition coefficient (Wildman–Crippen LogP) is 3.84. The normalized spacial score (nSPS) is 16.0. The van der Waals surface area contributed by atoms with Gasteiger partial charge in [-0.05, 0) is 30.3 Å². The average Bonchev–Trinajstić information content (AvgIpc) is 3.12. The molecule has 1 N–H and O–H groups in total. The van der Waals surface area contributed by atoms with E-state index >= 15 is 0 Å². The highest BCUT2D eigenvalue weighted by Crippen LogP contribution is 2.33. The number of rotatable bonds is 5. The van der Waals surface area contributed by atoms with Crippen molar-refractivity contribution in [1.29, 1.82) is 0 Å². The number of hydrogen-bond acceptors (Lipinski definition) is 5. The van der Waals surface area contributed by atoms with Crippen molar-refractivity contribution in [3.63, 3.8) is 0 Å². The van der Waals surface area contributed by atoms with Crippen molar-refractivity contribution >= 4 is 17.3 Å². The number of likely N-dealkylation sites (N-methyl/N-ethyl adjacent to an activating group) is 1. The van der Waals surface area contributed by atoms with Crippen LogP contribution in [0.4, 0.5) is 5.69 Å². The lowest BCUT2D eigenvalue weighted by atomic mass is 10.1. The van der Waals surface area contributed by atoms with Gasteiger partial charge in [0.1, 0.15) is 18.1 Å². The molecule has 0 atom stereocenters. The van der Waals surface area contributed by atoms with E-state index in [1.807, 2.05) is 48.5 Å². The minimum Gasteiger partial charge on any atom is -0.497 e. The van der Waals surface area contributed by atoms with Crippen molar-refractivity contribution < 1.29 is 9.47 Å². The number of benzene rings is 2. The number of halogens is 1. The number of anilines is 1. The molecule has 5 nitrogen and oxygen atoms in total. The van der Waals surface area contributed by atoms with Gasteiger partial charge in [-0.15, -0.1) is 0 Å². The third kappa shape index (κ3) is 3.55. The van der Waals surface area contributed by atoms with Gasteiger partial charge in [0.15, 0.2) is 0 Å². The number of nitrogens with one attached hydrogen (secondary N) is 1. The lowest BCUT2D eigenvalue weighted by Gasteiger charge is -2.27. The van der Waals surface area contributed by atoms with Crippen molar-refractivity contribution in [2.75, 3.05) is 38.9 Å². The van der Waals surface area contributed by atoms with Crippen LogP contribution in [0.1, 0.15) is 0 Å². The van der Waals surface area contributed by atoms with E-state index in [1.165, 1.54) is 5.57 Å². The van der Waals surface area contributed by atoms with Gasteiger partial charge < -0.3 is 14.4 Å². The number of para-hydroxylation sites is 1. The van der Waals surface area contributed by atoms with E-state index in [4.69, 9.17) is 21.1 Å². The summed E-state index contributed by atoms with van der Waals surface area (Å²) in [5.74, 6) is 1.58. The Bertz CT molecular complexity index is 910. The SMILES string of the molecule is COc1cccc(OCC2=C3CN(c4ccccc4Cl)NC3=CCN2C)c1. The number of hydrazine groups is 1. The predicted molar refractivity (Wildman–Crippen MR) is 108 cm³/mol. The fourth-order valence-corrected chi connectivity index (χ4v) is 3.57. The van der Waals surface area contributed by atoms with Gasteiger partial charge in [0.2, 0.25) is 0 Å². The van der Waals surface area contributed by atoms with Crippen LogP contribution in [0, 0.1) is 0 Å². The molecule has 0 radical (unpaired) electrons. The van der Waals surface area contributed by atoms with Gasteiger partial charge in [-0.25, -0.2) is 0 Å². The molecule has 2 aliphatic heterocycles. The Hall–Kier alpha value is -2.79. The zero-order valence-corrected chi connectivity index (χ0v) is 16.2. The van der Waals surface area contributed by atoms with E-state index in [-0.39, 0.29) is 0 Å². The van der Waals surface area contributed by atoms with Crippen molar-refractivity contribution in [3.05, 3.63) is 76.6 Å². The van der Waals surface area contributed by atoms with Crippen LogP contribution in [0.3, 0.4) is 0 Å². The van der Waals surface area contributed by atoms with Crippen molar-refractivity contribution in [1.82, 2.24) is 10.3 Å². The summed E-state index contributed by atoms with van der Waals surface area (Å²) in [7, 11) is 3.74. The Morgan fingerprint density at radius 1 is 1.11 bits per heavy atom. The first-order valence-corrected chi connectivity index (χ1v) is 9.23. The maximum Gasteiger partial charge on any atom is 0.128 e. The molecule has 2 heterocycles. The average molecular weight is 384 g/mol. The molecular formula is C21H22ClN3O2.